The number of hydrogen-bond donors (Lipinski definition) is 2. The molecule has 0 saturated carbocycles. The van der Waals surface area contributed by atoms with Gasteiger partial charge in [0.1, 0.15) is 37.3 Å². The molecular formula is C42H32N4O9S4. The van der Waals surface area contributed by atoms with Gasteiger partial charge in [0.15, 0.2) is 12.0 Å². The van der Waals surface area contributed by atoms with Gasteiger partial charge in [0, 0.05) is 36.1 Å². The lowest BCUT2D eigenvalue weighted by atomic mass is 10.0. The number of hydrogen-bond acceptors (Lipinski definition) is 13. The number of amides is 2. The number of carboxylic acid groups (broad SMARTS) is 2. The highest BCUT2D eigenvalue weighted by atomic mass is 32.2. The van der Waals surface area contributed by atoms with Gasteiger partial charge in [-0.05, 0) is 66.9 Å². The van der Waals surface area contributed by atoms with Gasteiger partial charge in [-0.15, -0.1) is 0 Å². The molecule has 2 N–H and O–H groups in total. The van der Waals surface area contributed by atoms with Crippen molar-refractivity contribution in [3.8, 4) is 22.6 Å². The van der Waals surface area contributed by atoms with E-state index in [1.54, 1.807) is 46.2 Å². The minimum Gasteiger partial charge on any atom is -0.477 e. The Labute approximate surface area is 356 Å². The van der Waals surface area contributed by atoms with Gasteiger partial charge in [-0.3, -0.25) is 24.2 Å². The topological polar surface area (TPSA) is 184 Å². The van der Waals surface area contributed by atoms with Crippen LogP contribution in [0, 0.1) is 0 Å². The van der Waals surface area contributed by atoms with E-state index in [-0.39, 0.29) is 29.0 Å². The van der Waals surface area contributed by atoms with Gasteiger partial charge in [0.05, 0.1) is 17.2 Å². The molecule has 0 radical (unpaired) electrons. The van der Waals surface area contributed by atoms with E-state index >= 15 is 0 Å². The van der Waals surface area contributed by atoms with E-state index in [4.69, 9.17) is 43.5 Å². The molecule has 0 bridgehead atoms. The van der Waals surface area contributed by atoms with Crippen LogP contribution in [0.15, 0.2) is 129 Å². The van der Waals surface area contributed by atoms with Gasteiger partial charge in [0.2, 0.25) is 5.91 Å². The van der Waals surface area contributed by atoms with Crippen LogP contribution in [-0.4, -0.2) is 81.0 Å². The largest absolute Gasteiger partial charge is 0.477 e. The van der Waals surface area contributed by atoms with Crippen molar-refractivity contribution in [3.05, 3.63) is 148 Å². The lowest BCUT2D eigenvalue weighted by Crippen LogP contribution is -2.30. The van der Waals surface area contributed by atoms with Crippen LogP contribution in [0.1, 0.15) is 55.7 Å². The molecule has 6 heterocycles. The molecule has 8 rings (SSSR count). The summed E-state index contributed by atoms with van der Waals surface area (Å²) in [6.07, 6.45) is 13.2. The Hall–Kier alpha value is -6.27. The number of carbonyl (C=O) groups is 5. The first-order chi connectivity index (χ1) is 28.5. The van der Waals surface area contributed by atoms with Gasteiger partial charge in [0.25, 0.3) is 5.91 Å². The van der Waals surface area contributed by atoms with Crippen LogP contribution in [0.4, 0.5) is 0 Å². The predicted octanol–water partition coefficient (Wildman–Crippen LogP) is 8.42. The third-order valence-electron chi connectivity index (χ3n) is 8.54. The number of thiocarbonyl (C=S) groups is 2. The molecule has 13 nitrogen and oxygen atoms in total. The Morgan fingerprint density at radius 3 is 1.92 bits per heavy atom. The molecule has 2 amide bonds. The van der Waals surface area contributed by atoms with Gasteiger partial charge in [-0.1, -0.05) is 102 Å². The first-order valence-electron chi connectivity index (χ1n) is 17.6. The van der Waals surface area contributed by atoms with Gasteiger partial charge >= 0.3 is 11.9 Å². The van der Waals surface area contributed by atoms with Crippen molar-refractivity contribution >= 4 is 92.7 Å². The van der Waals surface area contributed by atoms with E-state index in [0.29, 0.717) is 67.1 Å². The van der Waals surface area contributed by atoms with Crippen LogP contribution in [-0.2, 0) is 16.1 Å². The number of furan rings is 2. The molecule has 0 unspecified atom stereocenters. The Balaban J connectivity index is 0.000000164. The lowest BCUT2D eigenvalue weighted by molar-refractivity contribution is -0.124. The number of nitrogens with zero attached hydrogens (tertiary/aromatic N) is 4. The lowest BCUT2D eigenvalue weighted by Gasteiger charge is -2.17. The van der Waals surface area contributed by atoms with E-state index in [2.05, 4.69) is 16.0 Å². The summed E-state index contributed by atoms with van der Waals surface area (Å²) in [4.78, 5) is 67.5. The molecule has 2 saturated heterocycles. The summed E-state index contributed by atoms with van der Waals surface area (Å²) < 4.78 is 12.2. The van der Waals surface area contributed by atoms with Crippen LogP contribution in [0.2, 0.25) is 0 Å². The van der Waals surface area contributed by atoms with E-state index in [1.807, 2.05) is 42.5 Å². The number of carboxylic acids is 2. The van der Waals surface area contributed by atoms with Crippen molar-refractivity contribution in [2.75, 3.05) is 12.3 Å². The molecule has 3 aliphatic rings. The molecular weight excluding hydrogens is 833 g/mol. The molecule has 0 atom stereocenters. The SMILES string of the molecule is O=C(O)c1ccc(-c2ccc(/C=C3\SC(=S)N(CC4=CC=CCC4)C3=O)o2)cn1.O=C1CSC(=S)N1Cc1ccccc1.O=Cc1ccc(-c2ccc(C(=O)O)nc2)o1. The van der Waals surface area contributed by atoms with Gasteiger partial charge < -0.3 is 19.0 Å². The van der Waals surface area contributed by atoms with E-state index in [1.165, 1.54) is 59.7 Å². The summed E-state index contributed by atoms with van der Waals surface area (Å²) in [5, 5.41) is 17.6. The zero-order chi connectivity index (χ0) is 41.9. The number of pyridine rings is 2. The van der Waals surface area contributed by atoms with Crippen molar-refractivity contribution in [3.63, 3.8) is 0 Å². The molecule has 1 aliphatic carbocycles. The fourth-order valence-corrected chi connectivity index (χ4v) is 7.85. The summed E-state index contributed by atoms with van der Waals surface area (Å²) in [5.41, 5.74) is 3.50. The number of carbonyl (C=O) groups excluding carboxylic acids is 3. The van der Waals surface area contributed by atoms with E-state index in [0.717, 1.165) is 18.4 Å². The second-order valence-corrected chi connectivity index (χ2v) is 15.9. The predicted molar refractivity (Wildman–Crippen MR) is 232 cm³/mol. The second kappa shape index (κ2) is 19.9. The highest BCUT2D eigenvalue weighted by Crippen LogP contribution is 2.35. The quantitative estimate of drug-likeness (QED) is 0.0774. The minimum atomic E-state index is -1.08. The molecule has 59 heavy (non-hydrogen) atoms. The molecule has 2 fully saturated rings. The summed E-state index contributed by atoms with van der Waals surface area (Å²) in [5.74, 6) is 0.0656. The van der Waals surface area contributed by atoms with E-state index < -0.39 is 11.9 Å². The summed E-state index contributed by atoms with van der Waals surface area (Å²) in [7, 11) is 0. The number of aromatic nitrogens is 2. The fraction of sp³-hybridized carbons (Fsp3) is 0.119. The number of thioether (sulfide) groups is 2. The Morgan fingerprint density at radius 2 is 1.41 bits per heavy atom. The van der Waals surface area contributed by atoms with Crippen molar-refractivity contribution in [2.45, 2.75) is 19.4 Å². The minimum absolute atomic E-state index is 0.0345. The molecule has 17 heteroatoms. The summed E-state index contributed by atoms with van der Waals surface area (Å²) in [6.45, 7) is 1.11. The summed E-state index contributed by atoms with van der Waals surface area (Å²) in [6, 6.07) is 22.5. The Morgan fingerprint density at radius 1 is 0.780 bits per heavy atom. The number of allylic oxidation sites excluding steroid dienone is 3. The third kappa shape index (κ3) is 11.2. The molecule has 5 aromatic rings. The van der Waals surface area contributed by atoms with Crippen molar-refractivity contribution in [1.82, 2.24) is 19.8 Å². The normalized spacial score (nSPS) is 15.4. The Bertz CT molecular complexity index is 2480. The van der Waals surface area contributed by atoms with Crippen LogP contribution in [0.5, 0.6) is 0 Å². The molecule has 0 spiro atoms. The maximum atomic E-state index is 12.8. The standard InChI is InChI=1S/C21H16N2O4S2.C11H7NO4.C10H9NOS2/c24-19-18(29-21(28)23(19)12-13-4-2-1-3-5-13)10-15-7-9-17(27-15)14-6-8-16(20(25)26)22-11-14;13-6-8-2-4-10(16-8)7-1-3-9(11(14)15)12-5-7;12-9-7-14-10(13)11(9)6-8-4-2-1-3-5-8/h1-2,4,6-11H,3,5,12H2,(H,25,26);1-6H,(H,14,15);1-5H,6-7H2/b18-10-;;. The van der Waals surface area contributed by atoms with Crippen molar-refractivity contribution in [1.29, 1.82) is 0 Å². The molecule has 298 valence electrons. The summed E-state index contributed by atoms with van der Waals surface area (Å²) >= 11 is 13.2. The van der Waals surface area contributed by atoms with Gasteiger partial charge in [-0.25, -0.2) is 19.6 Å². The highest BCUT2D eigenvalue weighted by molar-refractivity contribution is 8.26. The number of rotatable bonds is 10. The van der Waals surface area contributed by atoms with Crippen LogP contribution in [0.25, 0.3) is 28.7 Å². The van der Waals surface area contributed by atoms with Gasteiger partial charge in [-0.2, -0.15) is 0 Å². The second-order valence-electron chi connectivity index (χ2n) is 12.6. The molecule has 2 aliphatic heterocycles. The maximum Gasteiger partial charge on any atom is 0.354 e. The average molecular weight is 865 g/mol. The van der Waals surface area contributed by atoms with Crippen LogP contribution < -0.4 is 0 Å². The molecule has 1 aromatic carbocycles. The monoisotopic (exact) mass is 864 g/mol. The number of aromatic carboxylic acids is 2. The smallest absolute Gasteiger partial charge is 0.354 e. The number of aldehydes is 1. The maximum absolute atomic E-state index is 12.8. The Kier molecular flexibility index (Phi) is 14.3. The number of benzene rings is 1. The average Bonchev–Trinajstić information content (AvgIpc) is 4.06. The highest BCUT2D eigenvalue weighted by Gasteiger charge is 2.33. The first-order valence-corrected chi connectivity index (χ1v) is 20.3. The zero-order valence-corrected chi connectivity index (χ0v) is 34.0. The van der Waals surface area contributed by atoms with Crippen molar-refractivity contribution < 1.29 is 43.0 Å². The first kappa shape index (κ1) is 42.3. The van der Waals surface area contributed by atoms with E-state index in [9.17, 15) is 24.0 Å². The molecule has 4 aromatic heterocycles. The fourth-order valence-electron chi connectivity index (χ4n) is 5.54. The zero-order valence-electron chi connectivity index (χ0n) is 30.8. The van der Waals surface area contributed by atoms with Crippen LogP contribution >= 0.6 is 48.0 Å². The third-order valence-corrected chi connectivity index (χ3v) is 11.3. The van der Waals surface area contributed by atoms with Crippen LogP contribution in [0.3, 0.4) is 0 Å². The van der Waals surface area contributed by atoms with Crippen molar-refractivity contribution in [2.24, 2.45) is 0 Å².